The van der Waals surface area contributed by atoms with Gasteiger partial charge in [0.25, 0.3) is 0 Å². The van der Waals surface area contributed by atoms with Crippen LogP contribution in [-0.2, 0) is 0 Å². The number of hydrogen-bond donors (Lipinski definition) is 5. The van der Waals surface area contributed by atoms with Gasteiger partial charge >= 0.3 is 0 Å². The number of nitrogens with one attached hydrogen (secondary N) is 1. The summed E-state index contributed by atoms with van der Waals surface area (Å²) in [6, 6.07) is 5.46. The number of nitrogen functional groups attached to an aromatic ring is 1. The average Bonchev–Trinajstić information content (AvgIpc) is 2.70. The van der Waals surface area contributed by atoms with Crippen molar-refractivity contribution in [1.82, 2.24) is 5.32 Å². The quantitative estimate of drug-likeness (QED) is 0.353. The van der Waals surface area contributed by atoms with E-state index < -0.39 is 12.2 Å². The summed E-state index contributed by atoms with van der Waals surface area (Å²) in [7, 11) is 0. The molecule has 1 aliphatic heterocycles. The monoisotopic (exact) mass is 281 g/mol. The molecule has 3 unspecified atom stereocenters. The maximum Gasteiger partial charge on any atom is 0.103 e. The van der Waals surface area contributed by atoms with Gasteiger partial charge in [-0.1, -0.05) is 0 Å². The molecule has 1 saturated heterocycles. The van der Waals surface area contributed by atoms with Gasteiger partial charge in [0.2, 0.25) is 0 Å². The van der Waals surface area contributed by atoms with E-state index in [1.165, 1.54) is 0 Å². The first-order valence-corrected chi connectivity index (χ1v) is 6.85. The van der Waals surface area contributed by atoms with Crippen LogP contribution in [0.3, 0.4) is 0 Å². The van der Waals surface area contributed by atoms with Crippen LogP contribution in [0.2, 0.25) is 0 Å². The number of aliphatic hydroxyl groups is 3. The minimum absolute atomic E-state index is 0.0480. The van der Waals surface area contributed by atoms with Crippen molar-refractivity contribution in [1.29, 1.82) is 0 Å². The molecule has 2 rings (SSSR count). The summed E-state index contributed by atoms with van der Waals surface area (Å²) in [6.07, 6.45) is -1.58. The highest BCUT2D eigenvalue weighted by Gasteiger charge is 2.39. The van der Waals surface area contributed by atoms with Crippen LogP contribution in [0.1, 0.15) is 5.56 Å². The van der Waals surface area contributed by atoms with Crippen LogP contribution >= 0.6 is 0 Å². The number of rotatable bonds is 5. The fraction of sp³-hybridized carbons (Fsp3) is 0.571. The summed E-state index contributed by atoms with van der Waals surface area (Å²) >= 11 is 0. The lowest BCUT2D eigenvalue weighted by Gasteiger charge is -2.28. The molecule has 0 bridgehead atoms. The van der Waals surface area contributed by atoms with E-state index in [0.717, 1.165) is 16.9 Å². The zero-order chi connectivity index (χ0) is 14.7. The molecular formula is C14H23N3O3. The van der Waals surface area contributed by atoms with Crippen molar-refractivity contribution >= 4 is 11.4 Å². The fourth-order valence-corrected chi connectivity index (χ4v) is 2.58. The van der Waals surface area contributed by atoms with Crippen molar-refractivity contribution < 1.29 is 15.3 Å². The molecule has 0 spiro atoms. The summed E-state index contributed by atoms with van der Waals surface area (Å²) in [4.78, 5) is 1.98. The van der Waals surface area contributed by atoms with Crippen molar-refractivity contribution in [2.75, 3.05) is 36.9 Å². The number of aryl methyl sites for hydroxylation is 1. The summed E-state index contributed by atoms with van der Waals surface area (Å²) in [5, 5.41) is 31.9. The second-order valence-electron chi connectivity index (χ2n) is 5.25. The van der Waals surface area contributed by atoms with Crippen LogP contribution in [0.25, 0.3) is 0 Å². The molecule has 0 aromatic heterocycles. The van der Waals surface area contributed by atoms with Gasteiger partial charge in [-0.3, -0.25) is 0 Å². The lowest BCUT2D eigenvalue weighted by molar-refractivity contribution is 0.0410. The van der Waals surface area contributed by atoms with E-state index in [1.54, 1.807) is 0 Å². The van der Waals surface area contributed by atoms with E-state index >= 15 is 0 Å². The summed E-state index contributed by atoms with van der Waals surface area (Å²) in [5.74, 6) is 0. The number of hydrogen-bond acceptors (Lipinski definition) is 6. The number of β-amino-alcohol motifs (C(OH)–C–C–N with tert-alkyl or cyclic N) is 1. The molecule has 0 radical (unpaired) electrons. The first-order chi connectivity index (χ1) is 9.54. The third kappa shape index (κ3) is 3.04. The number of anilines is 2. The Balaban J connectivity index is 2.16. The van der Waals surface area contributed by atoms with Crippen molar-refractivity contribution in [3.05, 3.63) is 23.8 Å². The lowest BCUT2D eigenvalue weighted by atomic mass is 10.1. The molecule has 20 heavy (non-hydrogen) atoms. The fourth-order valence-electron chi connectivity index (χ4n) is 2.58. The Labute approximate surface area is 118 Å². The van der Waals surface area contributed by atoms with Crippen molar-refractivity contribution in [2.45, 2.75) is 25.2 Å². The van der Waals surface area contributed by atoms with Gasteiger partial charge in [-0.2, -0.15) is 0 Å². The normalized spacial score (nSPS) is 26.2. The van der Waals surface area contributed by atoms with E-state index in [-0.39, 0.29) is 12.6 Å². The van der Waals surface area contributed by atoms with E-state index in [1.807, 2.05) is 30.0 Å². The minimum atomic E-state index is -0.806. The molecule has 6 N–H and O–H groups in total. The zero-order valence-corrected chi connectivity index (χ0v) is 11.7. The van der Waals surface area contributed by atoms with Crippen molar-refractivity contribution in [3.63, 3.8) is 0 Å². The molecule has 0 aliphatic carbocycles. The molecule has 6 nitrogen and oxygen atoms in total. The van der Waals surface area contributed by atoms with Gasteiger partial charge in [0.1, 0.15) is 6.10 Å². The highest BCUT2D eigenvalue weighted by atomic mass is 16.3. The van der Waals surface area contributed by atoms with Crippen molar-refractivity contribution in [3.8, 4) is 0 Å². The average molecular weight is 281 g/mol. The zero-order valence-electron chi connectivity index (χ0n) is 11.7. The third-order valence-corrected chi connectivity index (χ3v) is 3.80. The van der Waals surface area contributed by atoms with Crippen molar-refractivity contribution in [2.24, 2.45) is 0 Å². The smallest absolute Gasteiger partial charge is 0.103 e. The maximum absolute atomic E-state index is 10.1. The lowest BCUT2D eigenvalue weighted by Crippen LogP contribution is -2.44. The first-order valence-electron chi connectivity index (χ1n) is 6.85. The van der Waals surface area contributed by atoms with Crippen LogP contribution in [0, 0.1) is 6.92 Å². The standard InChI is InChI=1S/C14H23N3O3/c1-9-6-10(2-3-11(9)15)17-8-13(19)14(20)12(17)7-16-4-5-18/h2-3,6,12-14,16,18-20H,4-5,7-8,15H2,1H3. The number of nitrogens with two attached hydrogens (primary N) is 1. The van der Waals surface area contributed by atoms with Gasteiger partial charge in [-0.15, -0.1) is 0 Å². The van der Waals surface area contributed by atoms with Gasteiger partial charge in [0.05, 0.1) is 18.8 Å². The molecule has 3 atom stereocenters. The number of nitrogens with zero attached hydrogens (tertiary/aromatic N) is 1. The predicted molar refractivity (Wildman–Crippen MR) is 78.7 cm³/mol. The minimum Gasteiger partial charge on any atom is -0.399 e. The Kier molecular flexibility index (Phi) is 4.82. The SMILES string of the molecule is Cc1cc(N2CC(O)C(O)C2CNCCO)ccc1N. The topological polar surface area (TPSA) is 102 Å². The van der Waals surface area contributed by atoms with E-state index in [0.29, 0.717) is 19.6 Å². The van der Waals surface area contributed by atoms with Gasteiger partial charge in [0, 0.05) is 31.0 Å². The van der Waals surface area contributed by atoms with E-state index in [4.69, 9.17) is 10.8 Å². The van der Waals surface area contributed by atoms with E-state index in [9.17, 15) is 10.2 Å². The molecule has 6 heteroatoms. The molecule has 112 valence electrons. The Hall–Kier alpha value is -1.34. The van der Waals surface area contributed by atoms with Crippen LogP contribution in [0.5, 0.6) is 0 Å². The summed E-state index contributed by atoms with van der Waals surface area (Å²) in [6.45, 7) is 3.33. The Morgan fingerprint density at radius 1 is 1.40 bits per heavy atom. The van der Waals surface area contributed by atoms with E-state index in [2.05, 4.69) is 5.32 Å². The van der Waals surface area contributed by atoms with Crippen LogP contribution in [0.15, 0.2) is 18.2 Å². The third-order valence-electron chi connectivity index (χ3n) is 3.80. The molecule has 1 aliphatic rings. The van der Waals surface area contributed by atoms with Gasteiger partial charge < -0.3 is 31.3 Å². The summed E-state index contributed by atoms with van der Waals surface area (Å²) < 4.78 is 0. The number of benzene rings is 1. The highest BCUT2D eigenvalue weighted by molar-refractivity contribution is 5.59. The summed E-state index contributed by atoms with van der Waals surface area (Å²) in [5.41, 5.74) is 8.45. The second kappa shape index (κ2) is 6.41. The van der Waals surface area contributed by atoms with Gasteiger partial charge in [0.15, 0.2) is 0 Å². The highest BCUT2D eigenvalue weighted by Crippen LogP contribution is 2.28. The Morgan fingerprint density at radius 2 is 2.15 bits per heavy atom. The van der Waals surface area contributed by atoms with Gasteiger partial charge in [-0.05, 0) is 30.7 Å². The first kappa shape index (κ1) is 15.1. The molecule has 1 aromatic rings. The maximum atomic E-state index is 10.1. The van der Waals surface area contributed by atoms with Gasteiger partial charge in [-0.25, -0.2) is 0 Å². The molecule has 0 saturated carbocycles. The van der Waals surface area contributed by atoms with Crippen LogP contribution in [-0.4, -0.2) is 59.8 Å². The number of aliphatic hydroxyl groups excluding tert-OH is 3. The predicted octanol–water partition coefficient (Wildman–Crippen LogP) is -0.930. The van der Waals surface area contributed by atoms with Crippen LogP contribution in [0.4, 0.5) is 11.4 Å². The Bertz CT molecular complexity index is 455. The molecular weight excluding hydrogens is 258 g/mol. The molecule has 1 aromatic carbocycles. The largest absolute Gasteiger partial charge is 0.399 e. The Morgan fingerprint density at radius 3 is 2.80 bits per heavy atom. The molecule has 1 heterocycles. The second-order valence-corrected chi connectivity index (χ2v) is 5.25. The molecule has 1 fully saturated rings. The van der Waals surface area contributed by atoms with Crippen LogP contribution < -0.4 is 16.0 Å². The molecule has 0 amide bonds.